The minimum Gasteiger partial charge on any atom is -0.325 e. The predicted molar refractivity (Wildman–Crippen MR) is 111 cm³/mol. The van der Waals surface area contributed by atoms with E-state index < -0.39 is 0 Å². The summed E-state index contributed by atoms with van der Waals surface area (Å²) in [4.78, 5) is 16.9. The van der Waals surface area contributed by atoms with Gasteiger partial charge in [-0.05, 0) is 48.7 Å². The number of benzene rings is 2. The van der Waals surface area contributed by atoms with Gasteiger partial charge in [0.05, 0.1) is 12.1 Å². The second-order valence-corrected chi connectivity index (χ2v) is 8.51. The third-order valence-electron chi connectivity index (χ3n) is 4.00. The second kappa shape index (κ2) is 8.71. The van der Waals surface area contributed by atoms with Gasteiger partial charge in [-0.2, -0.15) is 0 Å². The van der Waals surface area contributed by atoms with E-state index in [4.69, 9.17) is 11.6 Å². The van der Waals surface area contributed by atoms with E-state index in [0.29, 0.717) is 0 Å². The van der Waals surface area contributed by atoms with Crippen LogP contribution in [0.15, 0.2) is 52.2 Å². The number of nitrogens with zero attached hydrogens (tertiary/aromatic N) is 1. The van der Waals surface area contributed by atoms with Crippen LogP contribution in [0.1, 0.15) is 22.4 Å². The van der Waals surface area contributed by atoms with Gasteiger partial charge in [0.1, 0.15) is 4.34 Å². The molecule has 26 heavy (non-hydrogen) atoms. The van der Waals surface area contributed by atoms with Crippen molar-refractivity contribution < 1.29 is 4.79 Å². The summed E-state index contributed by atoms with van der Waals surface area (Å²) in [7, 11) is 0. The zero-order chi connectivity index (χ0) is 18.5. The highest BCUT2D eigenvalue weighted by Gasteiger charge is 2.10. The van der Waals surface area contributed by atoms with E-state index in [1.54, 1.807) is 23.1 Å². The summed E-state index contributed by atoms with van der Waals surface area (Å²) in [5, 5.41) is 5.67. The van der Waals surface area contributed by atoms with Gasteiger partial charge in [0, 0.05) is 21.8 Å². The fraction of sp³-hybridized carbons (Fsp3) is 0.200. The number of halogens is 1. The molecule has 0 unspecified atom stereocenters. The SMILES string of the molecule is Cc1cccc(NC(=O)Cc2csc(SCc3cccc(Cl)c3)n2)c1C. The predicted octanol–water partition coefficient (Wildman–Crippen LogP) is 5.89. The summed E-state index contributed by atoms with van der Waals surface area (Å²) in [6.07, 6.45) is 0.279. The van der Waals surface area contributed by atoms with E-state index in [0.717, 1.165) is 43.2 Å². The normalized spacial score (nSPS) is 10.7. The molecule has 6 heteroatoms. The number of aromatic nitrogens is 1. The van der Waals surface area contributed by atoms with Gasteiger partial charge in [-0.1, -0.05) is 47.6 Å². The van der Waals surface area contributed by atoms with Crippen LogP contribution in [-0.2, 0) is 17.0 Å². The molecule has 0 aliphatic heterocycles. The van der Waals surface area contributed by atoms with Crippen molar-refractivity contribution in [2.24, 2.45) is 0 Å². The van der Waals surface area contributed by atoms with Crippen LogP contribution < -0.4 is 5.32 Å². The van der Waals surface area contributed by atoms with Gasteiger partial charge in [-0.25, -0.2) is 4.98 Å². The quantitative estimate of drug-likeness (QED) is 0.523. The number of anilines is 1. The Labute approximate surface area is 166 Å². The molecule has 0 saturated heterocycles. The maximum absolute atomic E-state index is 12.3. The number of thioether (sulfide) groups is 1. The Hall–Kier alpha value is -1.82. The molecule has 1 heterocycles. The van der Waals surface area contributed by atoms with Gasteiger partial charge < -0.3 is 5.32 Å². The van der Waals surface area contributed by atoms with Crippen molar-refractivity contribution in [3.8, 4) is 0 Å². The molecule has 0 aliphatic rings. The number of hydrogen-bond donors (Lipinski definition) is 1. The summed E-state index contributed by atoms with van der Waals surface area (Å²) in [5.74, 6) is 0.762. The molecule has 1 N–H and O–H groups in total. The fourth-order valence-corrected chi connectivity index (χ4v) is 4.45. The molecule has 0 bridgehead atoms. The topological polar surface area (TPSA) is 42.0 Å². The Morgan fingerprint density at radius 3 is 2.85 bits per heavy atom. The molecule has 2 aromatic carbocycles. The lowest BCUT2D eigenvalue weighted by molar-refractivity contribution is -0.115. The maximum Gasteiger partial charge on any atom is 0.230 e. The van der Waals surface area contributed by atoms with E-state index in [9.17, 15) is 4.79 Å². The Kier molecular flexibility index (Phi) is 6.35. The minimum absolute atomic E-state index is 0.0459. The molecule has 134 valence electrons. The Morgan fingerprint density at radius 1 is 1.23 bits per heavy atom. The fourth-order valence-electron chi connectivity index (χ4n) is 2.45. The van der Waals surface area contributed by atoms with E-state index in [1.165, 1.54) is 0 Å². The number of hydrogen-bond acceptors (Lipinski definition) is 4. The first-order valence-corrected chi connectivity index (χ1v) is 10.4. The molecule has 3 rings (SSSR count). The second-order valence-electron chi connectivity index (χ2n) is 6.00. The molecule has 0 atom stereocenters. The van der Waals surface area contributed by atoms with Gasteiger partial charge >= 0.3 is 0 Å². The number of aryl methyl sites for hydroxylation is 1. The lowest BCUT2D eigenvalue weighted by atomic mass is 10.1. The van der Waals surface area contributed by atoms with Gasteiger partial charge in [0.2, 0.25) is 5.91 Å². The minimum atomic E-state index is -0.0459. The zero-order valence-corrected chi connectivity index (χ0v) is 17.0. The molecule has 0 fully saturated rings. The third-order valence-corrected chi connectivity index (χ3v) is 6.38. The highest BCUT2D eigenvalue weighted by Crippen LogP contribution is 2.27. The lowest BCUT2D eigenvalue weighted by Gasteiger charge is -2.09. The number of amides is 1. The van der Waals surface area contributed by atoms with Crippen LogP contribution in [0, 0.1) is 13.8 Å². The van der Waals surface area contributed by atoms with Crippen molar-refractivity contribution in [3.63, 3.8) is 0 Å². The van der Waals surface area contributed by atoms with Crippen LogP contribution in [0.25, 0.3) is 0 Å². The van der Waals surface area contributed by atoms with E-state index in [-0.39, 0.29) is 12.3 Å². The van der Waals surface area contributed by atoms with Crippen LogP contribution in [-0.4, -0.2) is 10.9 Å². The Bertz CT molecular complexity index is 924. The first-order valence-electron chi connectivity index (χ1n) is 8.19. The molecule has 0 spiro atoms. The first-order chi connectivity index (χ1) is 12.5. The number of rotatable bonds is 6. The highest BCUT2D eigenvalue weighted by atomic mass is 35.5. The largest absolute Gasteiger partial charge is 0.325 e. The van der Waals surface area contributed by atoms with Crippen molar-refractivity contribution in [3.05, 3.63) is 75.3 Å². The molecule has 0 radical (unpaired) electrons. The number of thiazole rings is 1. The summed E-state index contributed by atoms with van der Waals surface area (Å²) < 4.78 is 0.958. The van der Waals surface area contributed by atoms with Gasteiger partial charge in [-0.15, -0.1) is 11.3 Å². The van der Waals surface area contributed by atoms with E-state index >= 15 is 0 Å². The van der Waals surface area contributed by atoms with Crippen LogP contribution in [0.3, 0.4) is 0 Å². The Balaban J connectivity index is 1.56. The van der Waals surface area contributed by atoms with Crippen LogP contribution in [0.2, 0.25) is 5.02 Å². The molecular formula is C20H19ClN2OS2. The zero-order valence-electron chi connectivity index (χ0n) is 14.6. The summed E-state index contributed by atoms with van der Waals surface area (Å²) in [6, 6.07) is 13.7. The average Bonchev–Trinajstić information content (AvgIpc) is 3.04. The number of carbonyl (C=O) groups is 1. The average molecular weight is 403 g/mol. The van der Waals surface area contributed by atoms with Crippen LogP contribution in [0.4, 0.5) is 5.69 Å². The van der Waals surface area contributed by atoms with Crippen molar-refractivity contribution in [1.29, 1.82) is 0 Å². The molecule has 1 amide bonds. The molecular weight excluding hydrogens is 384 g/mol. The van der Waals surface area contributed by atoms with Gasteiger partial charge in [0.15, 0.2) is 0 Å². The van der Waals surface area contributed by atoms with E-state index in [1.807, 2.05) is 61.7 Å². The first kappa shape index (κ1) is 19.0. The van der Waals surface area contributed by atoms with Crippen LogP contribution in [0.5, 0.6) is 0 Å². The third kappa shape index (κ3) is 5.10. The molecule has 1 aromatic heterocycles. The number of nitrogens with one attached hydrogen (secondary N) is 1. The van der Waals surface area contributed by atoms with Crippen molar-refractivity contribution in [2.45, 2.75) is 30.4 Å². The monoisotopic (exact) mass is 402 g/mol. The molecule has 3 aromatic rings. The molecule has 0 saturated carbocycles. The van der Waals surface area contributed by atoms with Crippen molar-refractivity contribution in [1.82, 2.24) is 4.98 Å². The molecule has 3 nitrogen and oxygen atoms in total. The van der Waals surface area contributed by atoms with E-state index in [2.05, 4.69) is 10.3 Å². The summed E-state index contributed by atoms with van der Waals surface area (Å²) >= 11 is 9.23. The van der Waals surface area contributed by atoms with Crippen molar-refractivity contribution >= 4 is 46.3 Å². The maximum atomic E-state index is 12.3. The smallest absolute Gasteiger partial charge is 0.230 e. The highest BCUT2D eigenvalue weighted by molar-refractivity contribution is 8.00. The van der Waals surface area contributed by atoms with Gasteiger partial charge in [0.25, 0.3) is 0 Å². The molecule has 0 aliphatic carbocycles. The van der Waals surface area contributed by atoms with Gasteiger partial charge in [-0.3, -0.25) is 4.79 Å². The summed E-state index contributed by atoms with van der Waals surface area (Å²) in [5.41, 5.74) is 5.08. The van der Waals surface area contributed by atoms with Crippen LogP contribution >= 0.6 is 34.7 Å². The lowest BCUT2D eigenvalue weighted by Crippen LogP contribution is -2.15. The Morgan fingerprint density at radius 2 is 2.04 bits per heavy atom. The number of carbonyl (C=O) groups excluding carboxylic acids is 1. The standard InChI is InChI=1S/C20H19ClN2OS2/c1-13-5-3-8-18(14(13)2)23-19(24)10-17-12-26-20(22-17)25-11-15-6-4-7-16(21)9-15/h3-9,12H,10-11H2,1-2H3,(H,23,24). The summed E-state index contributed by atoms with van der Waals surface area (Å²) in [6.45, 7) is 4.05. The van der Waals surface area contributed by atoms with Crippen molar-refractivity contribution in [2.75, 3.05) is 5.32 Å².